The van der Waals surface area contributed by atoms with Crippen LogP contribution in [0.2, 0.25) is 0 Å². The summed E-state index contributed by atoms with van der Waals surface area (Å²) in [4.78, 5) is 0. The molecule has 0 radical (unpaired) electrons. The highest BCUT2D eigenvalue weighted by molar-refractivity contribution is 5.84. The summed E-state index contributed by atoms with van der Waals surface area (Å²) in [7, 11) is 0. The predicted molar refractivity (Wildman–Crippen MR) is 178 cm³/mol. The first-order valence-corrected chi connectivity index (χ1v) is 16.5. The molecular formula is C40H60. The van der Waals surface area contributed by atoms with Gasteiger partial charge in [0.25, 0.3) is 0 Å². The maximum absolute atomic E-state index is 2.56. The largest absolute Gasteiger partial charge is 0.0707 e. The zero-order valence-electron chi connectivity index (χ0n) is 29.0. The van der Waals surface area contributed by atoms with Gasteiger partial charge >= 0.3 is 0 Å². The third-order valence-corrected chi connectivity index (χ3v) is 12.2. The van der Waals surface area contributed by atoms with Crippen LogP contribution in [0.3, 0.4) is 0 Å². The van der Waals surface area contributed by atoms with E-state index < -0.39 is 0 Å². The van der Waals surface area contributed by atoms with E-state index in [4.69, 9.17) is 0 Å². The van der Waals surface area contributed by atoms with E-state index >= 15 is 0 Å². The molecule has 0 N–H and O–H groups in total. The Hall–Kier alpha value is -1.82. The highest BCUT2D eigenvalue weighted by Gasteiger charge is 2.46. The van der Waals surface area contributed by atoms with Crippen molar-refractivity contribution >= 4 is 5.57 Å². The van der Waals surface area contributed by atoms with Crippen molar-refractivity contribution in [2.24, 2.45) is 35.5 Å². The molecule has 40 heavy (non-hydrogen) atoms. The third-order valence-electron chi connectivity index (χ3n) is 12.2. The summed E-state index contributed by atoms with van der Waals surface area (Å²) in [5, 5.41) is 0. The summed E-state index contributed by atoms with van der Waals surface area (Å²) in [6, 6.07) is 0. The molecule has 6 atom stereocenters. The van der Waals surface area contributed by atoms with Crippen LogP contribution in [0.4, 0.5) is 0 Å². The second kappa shape index (κ2) is 11.1. The smallest absolute Gasteiger partial charge is 0.00290 e. The molecule has 0 bridgehead atoms. The molecule has 0 saturated heterocycles. The van der Waals surface area contributed by atoms with Crippen molar-refractivity contribution in [3.8, 4) is 0 Å². The Labute approximate surface area is 248 Å². The minimum Gasteiger partial charge on any atom is -0.0707 e. The quantitative estimate of drug-likeness (QED) is 0.326. The van der Waals surface area contributed by atoms with Crippen LogP contribution in [0.1, 0.15) is 149 Å². The van der Waals surface area contributed by atoms with E-state index in [1.807, 2.05) is 0 Å². The van der Waals surface area contributed by atoms with Gasteiger partial charge in [0, 0.05) is 11.8 Å². The molecule has 0 fully saturated rings. The molecule has 0 aliphatic heterocycles. The van der Waals surface area contributed by atoms with Gasteiger partial charge in [-0.05, 0) is 154 Å². The minimum atomic E-state index is 0.458. The van der Waals surface area contributed by atoms with E-state index in [-0.39, 0.29) is 0 Å². The molecular weight excluding hydrogens is 480 g/mol. The normalized spacial score (nSPS) is 29.2. The molecule has 0 heteroatoms. The van der Waals surface area contributed by atoms with E-state index in [0.717, 1.165) is 6.42 Å². The van der Waals surface area contributed by atoms with E-state index in [9.17, 15) is 0 Å². The standard InChI is InChI=1S/C40H60/c1-19(2)17-33-25(9)31(15)35-27(11)21(5)23(7)29(13)37(35)39(33)40-34(18-20(3)4)26(10)32(16)36-28(12)22(6)24(8)30(14)38(36)40/h19-20,27-30,35,37H,17-18H2,1-16H3. The van der Waals surface area contributed by atoms with E-state index in [1.54, 1.807) is 78.0 Å². The van der Waals surface area contributed by atoms with Crippen molar-refractivity contribution in [3.05, 3.63) is 72.4 Å². The SMILES string of the molecule is CC1=C(C)C2C(C)C(C)=C(C)C(C)C2C(c2c(CC(C)C)c(C)c(C)c3c2C(C)C(C)=C(C)C3C)=C1CC(C)C. The van der Waals surface area contributed by atoms with Crippen LogP contribution >= 0.6 is 0 Å². The van der Waals surface area contributed by atoms with E-state index in [1.165, 1.54) is 6.42 Å². The first-order valence-electron chi connectivity index (χ1n) is 16.5. The lowest BCUT2D eigenvalue weighted by Crippen LogP contribution is -2.39. The van der Waals surface area contributed by atoms with E-state index in [0.29, 0.717) is 47.3 Å². The number of rotatable bonds is 5. The third kappa shape index (κ3) is 4.65. The lowest BCUT2D eigenvalue weighted by atomic mass is 9.54. The van der Waals surface area contributed by atoms with Crippen LogP contribution < -0.4 is 0 Å². The fourth-order valence-corrected chi connectivity index (χ4v) is 9.04. The van der Waals surface area contributed by atoms with Crippen LogP contribution in [-0.4, -0.2) is 0 Å². The highest BCUT2D eigenvalue weighted by atomic mass is 14.5. The van der Waals surface area contributed by atoms with Crippen molar-refractivity contribution in [1.82, 2.24) is 0 Å². The minimum absolute atomic E-state index is 0.458. The molecule has 0 nitrogen and oxygen atoms in total. The molecule has 0 saturated carbocycles. The van der Waals surface area contributed by atoms with E-state index in [2.05, 4.69) is 111 Å². The van der Waals surface area contributed by atoms with Gasteiger partial charge in [0.1, 0.15) is 0 Å². The fraction of sp³-hybridized carbons (Fsp3) is 0.650. The van der Waals surface area contributed by atoms with Gasteiger partial charge in [-0.2, -0.15) is 0 Å². The summed E-state index contributed by atoms with van der Waals surface area (Å²) >= 11 is 0. The van der Waals surface area contributed by atoms with Crippen molar-refractivity contribution in [2.75, 3.05) is 0 Å². The van der Waals surface area contributed by atoms with Gasteiger partial charge in [-0.3, -0.25) is 0 Å². The van der Waals surface area contributed by atoms with Gasteiger partial charge in [-0.1, -0.05) is 83.3 Å². The summed E-state index contributed by atoms with van der Waals surface area (Å²) in [5.41, 5.74) is 22.9. The van der Waals surface area contributed by atoms with Crippen molar-refractivity contribution in [1.29, 1.82) is 0 Å². The molecule has 220 valence electrons. The molecule has 0 spiro atoms. The van der Waals surface area contributed by atoms with Crippen molar-refractivity contribution in [3.63, 3.8) is 0 Å². The second-order valence-electron chi connectivity index (χ2n) is 15.1. The van der Waals surface area contributed by atoms with Gasteiger partial charge in [0.15, 0.2) is 0 Å². The van der Waals surface area contributed by atoms with Gasteiger partial charge in [0.05, 0.1) is 0 Å². The molecule has 1 aromatic carbocycles. The van der Waals surface area contributed by atoms with Crippen molar-refractivity contribution in [2.45, 2.75) is 135 Å². The molecule has 0 aromatic heterocycles. The Morgan fingerprint density at radius 3 is 1.50 bits per heavy atom. The lowest BCUT2D eigenvalue weighted by molar-refractivity contribution is 0.273. The fourth-order valence-electron chi connectivity index (χ4n) is 9.04. The van der Waals surface area contributed by atoms with Crippen LogP contribution in [0, 0.1) is 49.4 Å². The highest BCUT2D eigenvalue weighted by Crippen LogP contribution is 2.59. The topological polar surface area (TPSA) is 0 Å². The maximum atomic E-state index is 2.56. The van der Waals surface area contributed by atoms with Gasteiger partial charge in [-0.25, -0.2) is 0 Å². The summed E-state index contributed by atoms with van der Waals surface area (Å²) in [6.07, 6.45) is 2.33. The van der Waals surface area contributed by atoms with Crippen LogP contribution in [0.15, 0.2) is 39.0 Å². The number of allylic oxidation sites excluding steroid dienone is 8. The summed E-state index contributed by atoms with van der Waals surface area (Å²) in [6.45, 7) is 39.3. The number of hydrogen-bond acceptors (Lipinski definition) is 0. The monoisotopic (exact) mass is 540 g/mol. The summed E-state index contributed by atoms with van der Waals surface area (Å²) < 4.78 is 0. The van der Waals surface area contributed by atoms with Gasteiger partial charge in [-0.15, -0.1) is 0 Å². The van der Waals surface area contributed by atoms with Crippen LogP contribution in [-0.2, 0) is 6.42 Å². The molecule has 6 unspecified atom stereocenters. The average molecular weight is 541 g/mol. The Morgan fingerprint density at radius 2 is 1.00 bits per heavy atom. The zero-order valence-corrected chi connectivity index (χ0v) is 29.0. The Balaban J connectivity index is 2.26. The number of fused-ring (bicyclic) bond motifs is 2. The molecule has 1 aromatic rings. The molecule has 4 rings (SSSR count). The second-order valence-corrected chi connectivity index (χ2v) is 15.1. The van der Waals surface area contributed by atoms with Crippen LogP contribution in [0.25, 0.3) is 5.57 Å². The van der Waals surface area contributed by atoms with Gasteiger partial charge < -0.3 is 0 Å². The lowest BCUT2D eigenvalue weighted by Gasteiger charge is -2.50. The average Bonchev–Trinajstić information content (AvgIpc) is 2.88. The molecule has 3 aliphatic carbocycles. The number of hydrogen-bond donors (Lipinski definition) is 0. The first kappa shape index (κ1) is 31.1. The van der Waals surface area contributed by atoms with Gasteiger partial charge in [0.2, 0.25) is 0 Å². The maximum Gasteiger partial charge on any atom is 0.00290 e. The Morgan fingerprint density at radius 1 is 0.525 bits per heavy atom. The predicted octanol–water partition coefficient (Wildman–Crippen LogP) is 12.1. The number of benzene rings is 1. The van der Waals surface area contributed by atoms with Crippen molar-refractivity contribution < 1.29 is 0 Å². The van der Waals surface area contributed by atoms with Crippen LogP contribution in [0.5, 0.6) is 0 Å². The Kier molecular flexibility index (Phi) is 8.65. The molecule has 0 amide bonds. The molecule has 3 aliphatic rings. The summed E-state index contributed by atoms with van der Waals surface area (Å²) in [5.74, 6) is 4.47. The zero-order chi connectivity index (χ0) is 30.1. The molecule has 0 heterocycles. The Bertz CT molecular complexity index is 1330. The first-order chi connectivity index (χ1) is 18.5.